The van der Waals surface area contributed by atoms with E-state index in [0.29, 0.717) is 11.8 Å². The zero-order chi connectivity index (χ0) is 15.4. The van der Waals surface area contributed by atoms with Crippen molar-refractivity contribution in [3.63, 3.8) is 0 Å². The second-order valence-corrected chi connectivity index (χ2v) is 5.23. The fourth-order valence-corrected chi connectivity index (χ4v) is 1.98. The summed E-state index contributed by atoms with van der Waals surface area (Å²) in [5, 5.41) is 2.62. The van der Waals surface area contributed by atoms with E-state index in [2.05, 4.69) is 21.2 Å². The van der Waals surface area contributed by atoms with Gasteiger partial charge < -0.3 is 10.1 Å². The van der Waals surface area contributed by atoms with E-state index in [1.165, 1.54) is 0 Å². The molecule has 2 aromatic carbocycles. The van der Waals surface area contributed by atoms with Crippen molar-refractivity contribution in [2.75, 3.05) is 11.9 Å². The normalized spacial score (nSPS) is 10.3. The fraction of sp³-hybridized carbons (Fsp3) is 0.133. The van der Waals surface area contributed by atoms with Gasteiger partial charge in [0.2, 0.25) is 0 Å². The van der Waals surface area contributed by atoms with E-state index in [1.54, 1.807) is 12.1 Å². The molecule has 110 valence electrons. The number of anilines is 1. The third-order valence-electron chi connectivity index (χ3n) is 2.71. The van der Waals surface area contributed by atoms with Crippen LogP contribution in [0.5, 0.6) is 5.75 Å². The summed E-state index contributed by atoms with van der Waals surface area (Å²) in [5.41, 5.74) is 1.64. The van der Waals surface area contributed by atoms with Crippen molar-refractivity contribution in [1.82, 2.24) is 0 Å². The Morgan fingerprint density at radius 3 is 2.67 bits per heavy atom. The summed E-state index contributed by atoms with van der Waals surface area (Å²) >= 11 is 3.36. The second-order valence-electron chi connectivity index (χ2n) is 4.38. The second kappa shape index (κ2) is 6.67. The van der Waals surface area contributed by atoms with Crippen molar-refractivity contribution < 1.29 is 18.3 Å². The highest BCUT2D eigenvalue weighted by Gasteiger charge is 2.08. The van der Waals surface area contributed by atoms with Gasteiger partial charge in [0.05, 0.1) is 0 Å². The Morgan fingerprint density at radius 1 is 1.24 bits per heavy atom. The van der Waals surface area contributed by atoms with Crippen LogP contribution in [0.2, 0.25) is 0 Å². The van der Waals surface area contributed by atoms with Crippen LogP contribution in [0, 0.1) is 18.6 Å². The van der Waals surface area contributed by atoms with E-state index >= 15 is 0 Å². The molecule has 0 atom stereocenters. The number of carbonyl (C=O) groups excluding carboxylic acids is 1. The summed E-state index contributed by atoms with van der Waals surface area (Å²) in [6.07, 6.45) is 0. The number of amides is 1. The SMILES string of the molecule is Cc1ccc(NC(=O)COc2ccc(F)cc2F)cc1Br. The zero-order valence-electron chi connectivity index (χ0n) is 11.1. The molecule has 0 bridgehead atoms. The van der Waals surface area contributed by atoms with Crippen molar-refractivity contribution in [3.8, 4) is 5.75 Å². The Kier molecular flexibility index (Phi) is 4.90. The largest absolute Gasteiger partial charge is 0.481 e. The van der Waals surface area contributed by atoms with Crippen molar-refractivity contribution >= 4 is 27.5 Å². The summed E-state index contributed by atoms with van der Waals surface area (Å²) in [7, 11) is 0. The maximum atomic E-state index is 13.3. The van der Waals surface area contributed by atoms with Gasteiger partial charge in [0.25, 0.3) is 5.91 Å². The molecule has 0 aliphatic rings. The molecule has 2 rings (SSSR count). The van der Waals surface area contributed by atoms with Gasteiger partial charge in [-0.1, -0.05) is 22.0 Å². The predicted molar refractivity (Wildman–Crippen MR) is 79.4 cm³/mol. The van der Waals surface area contributed by atoms with Crippen LogP contribution >= 0.6 is 15.9 Å². The van der Waals surface area contributed by atoms with Gasteiger partial charge in [-0.2, -0.15) is 0 Å². The number of nitrogens with one attached hydrogen (secondary N) is 1. The van der Waals surface area contributed by atoms with Crippen molar-refractivity contribution in [2.45, 2.75) is 6.92 Å². The van der Waals surface area contributed by atoms with Crippen LogP contribution in [-0.4, -0.2) is 12.5 Å². The topological polar surface area (TPSA) is 38.3 Å². The van der Waals surface area contributed by atoms with Gasteiger partial charge in [-0.3, -0.25) is 4.79 Å². The molecule has 0 saturated heterocycles. The van der Waals surface area contributed by atoms with Crippen molar-refractivity contribution in [2.24, 2.45) is 0 Å². The van der Waals surface area contributed by atoms with E-state index in [9.17, 15) is 13.6 Å². The molecular formula is C15H12BrF2NO2. The molecule has 0 radical (unpaired) electrons. The highest BCUT2D eigenvalue weighted by molar-refractivity contribution is 9.10. The van der Waals surface area contributed by atoms with E-state index in [4.69, 9.17) is 4.74 Å². The number of benzene rings is 2. The highest BCUT2D eigenvalue weighted by atomic mass is 79.9. The van der Waals surface area contributed by atoms with Gasteiger partial charge in [-0.25, -0.2) is 8.78 Å². The van der Waals surface area contributed by atoms with Gasteiger partial charge in [-0.15, -0.1) is 0 Å². The molecule has 0 aliphatic heterocycles. The summed E-state index contributed by atoms with van der Waals surface area (Å²) in [5.74, 6) is -2.15. The summed E-state index contributed by atoms with van der Waals surface area (Å²) in [6, 6.07) is 8.25. The van der Waals surface area contributed by atoms with Gasteiger partial charge in [0.15, 0.2) is 18.2 Å². The third kappa shape index (κ3) is 4.26. The van der Waals surface area contributed by atoms with Crippen LogP contribution in [0.15, 0.2) is 40.9 Å². The molecule has 3 nitrogen and oxygen atoms in total. The minimum absolute atomic E-state index is 0.170. The first-order valence-electron chi connectivity index (χ1n) is 6.09. The Hall–Kier alpha value is -1.95. The lowest BCUT2D eigenvalue weighted by atomic mass is 10.2. The molecule has 0 saturated carbocycles. The van der Waals surface area contributed by atoms with Crippen LogP contribution < -0.4 is 10.1 Å². The van der Waals surface area contributed by atoms with Crippen LogP contribution in [0.1, 0.15) is 5.56 Å². The summed E-state index contributed by atoms with van der Waals surface area (Å²) in [6.45, 7) is 1.56. The predicted octanol–water partition coefficient (Wildman–Crippen LogP) is 4.05. The lowest BCUT2D eigenvalue weighted by molar-refractivity contribution is -0.118. The van der Waals surface area contributed by atoms with Gasteiger partial charge in [0.1, 0.15) is 5.82 Å². The molecule has 21 heavy (non-hydrogen) atoms. The lowest BCUT2D eigenvalue weighted by Crippen LogP contribution is -2.20. The minimum atomic E-state index is -0.846. The smallest absolute Gasteiger partial charge is 0.262 e. The average Bonchev–Trinajstić information content (AvgIpc) is 2.42. The van der Waals surface area contributed by atoms with E-state index in [1.807, 2.05) is 13.0 Å². The molecule has 0 heterocycles. The van der Waals surface area contributed by atoms with E-state index < -0.39 is 17.5 Å². The van der Waals surface area contributed by atoms with Crippen LogP contribution in [0.3, 0.4) is 0 Å². The monoisotopic (exact) mass is 355 g/mol. The average molecular weight is 356 g/mol. The minimum Gasteiger partial charge on any atom is -0.481 e. The first-order chi connectivity index (χ1) is 9.95. The zero-order valence-corrected chi connectivity index (χ0v) is 12.7. The lowest BCUT2D eigenvalue weighted by Gasteiger charge is -2.09. The molecule has 6 heteroatoms. The maximum Gasteiger partial charge on any atom is 0.262 e. The van der Waals surface area contributed by atoms with Crippen LogP contribution in [0.4, 0.5) is 14.5 Å². The Labute approximate surface area is 129 Å². The fourth-order valence-electron chi connectivity index (χ4n) is 1.60. The number of hydrogen-bond donors (Lipinski definition) is 1. The molecule has 1 N–H and O–H groups in total. The maximum absolute atomic E-state index is 13.3. The number of halogens is 3. The first kappa shape index (κ1) is 15.4. The molecule has 0 unspecified atom stereocenters. The standard InChI is InChI=1S/C15H12BrF2NO2/c1-9-2-4-11(7-12(9)16)19-15(20)8-21-14-5-3-10(17)6-13(14)18/h2-7H,8H2,1H3,(H,19,20). The molecule has 1 amide bonds. The quantitative estimate of drug-likeness (QED) is 0.898. The van der Waals surface area contributed by atoms with Crippen molar-refractivity contribution in [1.29, 1.82) is 0 Å². The molecule has 0 fully saturated rings. The van der Waals surface area contributed by atoms with Gasteiger partial charge >= 0.3 is 0 Å². The molecule has 0 spiro atoms. The number of hydrogen-bond acceptors (Lipinski definition) is 2. The summed E-state index contributed by atoms with van der Waals surface area (Å²) < 4.78 is 31.9. The number of carbonyl (C=O) groups is 1. The molecule has 0 aromatic heterocycles. The first-order valence-corrected chi connectivity index (χ1v) is 6.89. The Balaban J connectivity index is 1.94. The van der Waals surface area contributed by atoms with Gasteiger partial charge in [0, 0.05) is 16.2 Å². The number of rotatable bonds is 4. The van der Waals surface area contributed by atoms with Crippen molar-refractivity contribution in [3.05, 3.63) is 58.1 Å². The summed E-state index contributed by atoms with van der Waals surface area (Å²) in [4.78, 5) is 11.7. The Bertz CT molecular complexity index is 677. The van der Waals surface area contributed by atoms with Crippen LogP contribution in [0.25, 0.3) is 0 Å². The molecule has 0 aliphatic carbocycles. The number of aryl methyl sites for hydroxylation is 1. The Morgan fingerprint density at radius 2 is 2.00 bits per heavy atom. The molecule has 2 aromatic rings. The third-order valence-corrected chi connectivity index (χ3v) is 3.56. The van der Waals surface area contributed by atoms with E-state index in [-0.39, 0.29) is 12.4 Å². The van der Waals surface area contributed by atoms with Crippen LogP contribution in [-0.2, 0) is 4.79 Å². The van der Waals surface area contributed by atoms with Gasteiger partial charge in [-0.05, 0) is 36.8 Å². The highest BCUT2D eigenvalue weighted by Crippen LogP contribution is 2.21. The number of ether oxygens (including phenoxy) is 1. The van der Waals surface area contributed by atoms with E-state index in [0.717, 1.165) is 22.2 Å². The molecular weight excluding hydrogens is 344 g/mol.